The number of hydrogen-bond acceptors (Lipinski definition) is 8. The average molecular weight is 482 g/mol. The maximum Gasteiger partial charge on any atom is 0.322 e. The number of nitrogens with one attached hydrogen (secondary N) is 2. The molecule has 0 aromatic carbocycles. The van der Waals surface area contributed by atoms with Crippen LogP contribution in [0.2, 0.25) is 0 Å². The zero-order valence-corrected chi connectivity index (χ0v) is 20.7. The number of fused-ring (bicyclic) bond motifs is 1. The van der Waals surface area contributed by atoms with E-state index >= 15 is 0 Å². The first-order valence-corrected chi connectivity index (χ1v) is 12.3. The van der Waals surface area contributed by atoms with E-state index in [1.54, 1.807) is 24.6 Å². The molecule has 1 fully saturated rings. The summed E-state index contributed by atoms with van der Waals surface area (Å²) in [6.07, 6.45) is 8.68. The number of carbonyl (C=O) groups is 1. The highest BCUT2D eigenvalue weighted by molar-refractivity contribution is 5.74. The molecule has 10 nitrogen and oxygen atoms in total. The van der Waals surface area contributed by atoms with Crippen LogP contribution in [0.4, 0.5) is 11.6 Å². The van der Waals surface area contributed by atoms with Crippen LogP contribution in [0.3, 0.4) is 0 Å². The molecule has 0 aliphatic heterocycles. The summed E-state index contributed by atoms with van der Waals surface area (Å²) in [6.45, 7) is 4.61. The van der Waals surface area contributed by atoms with Gasteiger partial charge in [-0.1, -0.05) is 25.8 Å². The summed E-state index contributed by atoms with van der Waals surface area (Å²) < 4.78 is 8.84. The molecule has 1 aliphatic carbocycles. The molecule has 1 aliphatic rings. The van der Waals surface area contributed by atoms with Gasteiger partial charge in [-0.2, -0.15) is 9.61 Å². The van der Waals surface area contributed by atoms with Gasteiger partial charge in [-0.3, -0.25) is 9.59 Å². The largest absolute Gasteiger partial charge is 0.464 e. The third kappa shape index (κ3) is 5.82. The number of aromatic nitrogens is 4. The van der Waals surface area contributed by atoms with Gasteiger partial charge in [-0.05, 0) is 31.7 Å². The molecule has 0 bridgehead atoms. The van der Waals surface area contributed by atoms with Crippen molar-refractivity contribution in [2.75, 3.05) is 17.2 Å². The summed E-state index contributed by atoms with van der Waals surface area (Å²) in [7, 11) is 1.74. The van der Waals surface area contributed by atoms with Crippen molar-refractivity contribution >= 4 is 23.3 Å². The molecule has 3 heterocycles. The van der Waals surface area contributed by atoms with E-state index in [9.17, 15) is 9.59 Å². The van der Waals surface area contributed by atoms with Crippen LogP contribution in [0.25, 0.3) is 5.65 Å². The predicted octanol–water partition coefficient (Wildman–Crippen LogP) is 2.46. The second kappa shape index (κ2) is 10.9. The van der Waals surface area contributed by atoms with Gasteiger partial charge in [0.25, 0.3) is 0 Å². The van der Waals surface area contributed by atoms with Crippen molar-refractivity contribution in [3.8, 4) is 0 Å². The molecule has 0 radical (unpaired) electrons. The Kier molecular flexibility index (Phi) is 7.70. The number of aryl methyl sites for hydroxylation is 2. The number of esters is 1. The lowest BCUT2D eigenvalue weighted by molar-refractivity contribution is -0.146. The zero-order valence-electron chi connectivity index (χ0n) is 20.7. The Balaban J connectivity index is 1.56. The lowest BCUT2D eigenvalue weighted by Crippen LogP contribution is -2.38. The lowest BCUT2D eigenvalue weighted by atomic mass is 9.85. The minimum atomic E-state index is -0.621. The number of carbonyl (C=O) groups excluding carboxylic acids is 1. The molecule has 3 aromatic heterocycles. The van der Waals surface area contributed by atoms with Crippen LogP contribution in [0.15, 0.2) is 35.4 Å². The standard InChI is InChI=1S/C25H35N7O3/c1-4-18-13-28-32-22(27-12-17-9-10-23(33)31(3)14-17)11-21(30-24(18)32)29-20-8-6-5-7-19(20)15-35-25(34)16(2)26/h9-11,13-14,16,19-20,27H,4-8,12,15,26H2,1-3H3,(H,29,30)/t16-,19+,20+/m1/s1. The van der Waals surface area contributed by atoms with Crippen LogP contribution in [0.1, 0.15) is 50.7 Å². The van der Waals surface area contributed by atoms with Gasteiger partial charge in [0.15, 0.2) is 5.65 Å². The Morgan fingerprint density at radius 2 is 2.11 bits per heavy atom. The number of hydrogen-bond donors (Lipinski definition) is 3. The third-order valence-electron chi connectivity index (χ3n) is 6.60. The monoisotopic (exact) mass is 481 g/mol. The maximum absolute atomic E-state index is 11.9. The third-order valence-corrected chi connectivity index (χ3v) is 6.60. The van der Waals surface area contributed by atoms with Crippen molar-refractivity contribution in [2.45, 2.75) is 64.6 Å². The second-order valence-corrected chi connectivity index (χ2v) is 9.34. The maximum atomic E-state index is 11.9. The topological polar surface area (TPSA) is 129 Å². The quantitative estimate of drug-likeness (QED) is 0.398. The van der Waals surface area contributed by atoms with Crippen LogP contribution in [-0.4, -0.2) is 43.8 Å². The highest BCUT2D eigenvalue weighted by atomic mass is 16.5. The zero-order chi connectivity index (χ0) is 24.9. The summed E-state index contributed by atoms with van der Waals surface area (Å²) >= 11 is 0. The molecule has 0 spiro atoms. The summed E-state index contributed by atoms with van der Waals surface area (Å²) in [6, 6.07) is 4.87. The second-order valence-electron chi connectivity index (χ2n) is 9.34. The van der Waals surface area contributed by atoms with Gasteiger partial charge in [0.05, 0.1) is 12.8 Å². The molecule has 3 atom stereocenters. The first-order valence-electron chi connectivity index (χ1n) is 12.3. The van der Waals surface area contributed by atoms with E-state index in [1.807, 2.05) is 29.0 Å². The van der Waals surface area contributed by atoms with Crippen LogP contribution in [0, 0.1) is 5.92 Å². The number of nitrogens with two attached hydrogens (primary N) is 1. The SMILES string of the molecule is CCc1cnn2c(NCc3ccc(=O)n(C)c3)cc(N[C@H]3CCCC[C@H]3COC(=O)[C@@H](C)N)nc12. The summed E-state index contributed by atoms with van der Waals surface area (Å²) in [5.41, 5.74) is 8.45. The first kappa shape index (κ1) is 24.7. The van der Waals surface area contributed by atoms with Crippen LogP contribution < -0.4 is 21.9 Å². The number of ether oxygens (including phenoxy) is 1. The van der Waals surface area contributed by atoms with Gasteiger partial charge in [0, 0.05) is 49.4 Å². The van der Waals surface area contributed by atoms with Crippen LogP contribution in [-0.2, 0) is 29.5 Å². The predicted molar refractivity (Wildman–Crippen MR) is 135 cm³/mol. The fraction of sp³-hybridized carbons (Fsp3) is 0.520. The number of rotatable bonds is 9. The van der Waals surface area contributed by atoms with Crippen molar-refractivity contribution in [1.29, 1.82) is 0 Å². The average Bonchev–Trinajstić information content (AvgIpc) is 3.27. The van der Waals surface area contributed by atoms with E-state index in [2.05, 4.69) is 22.7 Å². The van der Waals surface area contributed by atoms with Gasteiger partial charge in [0.1, 0.15) is 17.7 Å². The van der Waals surface area contributed by atoms with Crippen molar-refractivity contribution in [3.63, 3.8) is 0 Å². The molecule has 4 rings (SSSR count). The first-order chi connectivity index (χ1) is 16.9. The molecule has 4 N–H and O–H groups in total. The molecule has 35 heavy (non-hydrogen) atoms. The van der Waals surface area contributed by atoms with E-state index < -0.39 is 6.04 Å². The molecule has 0 amide bonds. The van der Waals surface area contributed by atoms with E-state index in [-0.39, 0.29) is 23.5 Å². The van der Waals surface area contributed by atoms with Crippen molar-refractivity contribution in [1.82, 2.24) is 19.2 Å². The molecule has 188 valence electrons. The fourth-order valence-electron chi connectivity index (χ4n) is 4.51. The van der Waals surface area contributed by atoms with Crippen molar-refractivity contribution in [3.05, 3.63) is 52.1 Å². The Morgan fingerprint density at radius 3 is 2.86 bits per heavy atom. The summed E-state index contributed by atoms with van der Waals surface area (Å²) in [5, 5.41) is 11.6. The van der Waals surface area contributed by atoms with Crippen molar-refractivity contribution < 1.29 is 9.53 Å². The Morgan fingerprint density at radius 1 is 1.31 bits per heavy atom. The van der Waals surface area contributed by atoms with Gasteiger partial charge < -0.3 is 25.7 Å². The Bertz CT molecular complexity index is 1230. The highest BCUT2D eigenvalue weighted by Gasteiger charge is 2.27. The van der Waals surface area contributed by atoms with E-state index in [1.165, 1.54) is 0 Å². The number of pyridine rings is 1. The van der Waals surface area contributed by atoms with Gasteiger partial charge >= 0.3 is 5.97 Å². The molecule has 1 saturated carbocycles. The van der Waals surface area contributed by atoms with Gasteiger partial charge in [0.2, 0.25) is 5.56 Å². The molecule has 0 unspecified atom stereocenters. The van der Waals surface area contributed by atoms with Crippen molar-refractivity contribution in [2.24, 2.45) is 18.7 Å². The van der Waals surface area contributed by atoms with E-state index in [0.29, 0.717) is 13.2 Å². The number of anilines is 2. The molecule has 3 aromatic rings. The minimum Gasteiger partial charge on any atom is -0.464 e. The van der Waals surface area contributed by atoms with Crippen LogP contribution in [0.5, 0.6) is 0 Å². The van der Waals surface area contributed by atoms with Crippen LogP contribution >= 0.6 is 0 Å². The van der Waals surface area contributed by atoms with Gasteiger partial charge in [-0.15, -0.1) is 0 Å². The lowest BCUT2D eigenvalue weighted by Gasteiger charge is -2.32. The van der Waals surface area contributed by atoms with E-state index in [0.717, 1.165) is 60.5 Å². The Hall–Kier alpha value is -3.40. The fourth-order valence-corrected chi connectivity index (χ4v) is 4.51. The minimum absolute atomic E-state index is 0.0418. The molecule has 0 saturated heterocycles. The molecular weight excluding hydrogens is 446 g/mol. The Labute approximate surface area is 204 Å². The molecular formula is C25H35N7O3. The summed E-state index contributed by atoms with van der Waals surface area (Å²) in [5.74, 6) is 1.39. The number of nitrogens with zero attached hydrogens (tertiary/aromatic N) is 4. The van der Waals surface area contributed by atoms with E-state index in [4.69, 9.17) is 15.5 Å². The van der Waals surface area contributed by atoms with Gasteiger partial charge in [-0.25, -0.2) is 4.98 Å². The molecule has 10 heteroatoms. The smallest absolute Gasteiger partial charge is 0.322 e. The summed E-state index contributed by atoms with van der Waals surface area (Å²) in [4.78, 5) is 28.5. The highest BCUT2D eigenvalue weighted by Crippen LogP contribution is 2.29. The normalized spacial score (nSPS) is 18.9.